The molecule has 27 heavy (non-hydrogen) atoms. The summed E-state index contributed by atoms with van der Waals surface area (Å²) >= 11 is 0. The Kier molecular flexibility index (Phi) is 4.92. The van der Waals surface area contributed by atoms with Crippen LogP contribution in [0.25, 0.3) is 5.69 Å². The van der Waals surface area contributed by atoms with Crippen molar-refractivity contribution in [2.45, 2.75) is 38.6 Å². The van der Waals surface area contributed by atoms with Gasteiger partial charge in [-0.2, -0.15) is 5.10 Å². The minimum Gasteiger partial charge on any atom is -0.407 e. The van der Waals surface area contributed by atoms with Crippen LogP contribution in [0, 0.1) is 6.92 Å². The maximum Gasteiger partial charge on any atom is 0.412 e. The summed E-state index contributed by atoms with van der Waals surface area (Å²) in [7, 11) is 0. The van der Waals surface area contributed by atoms with E-state index in [1.165, 1.54) is 11.1 Å². The van der Waals surface area contributed by atoms with E-state index in [0.29, 0.717) is 5.75 Å². The molecule has 0 bridgehead atoms. The van der Waals surface area contributed by atoms with Gasteiger partial charge in [0.1, 0.15) is 0 Å². The zero-order valence-corrected chi connectivity index (χ0v) is 15.4. The highest BCUT2D eigenvalue weighted by Gasteiger charge is 2.20. The topological polar surface area (TPSA) is 56.1 Å². The average Bonchev–Trinajstić information content (AvgIpc) is 2.91. The van der Waals surface area contributed by atoms with E-state index in [-0.39, 0.29) is 6.04 Å². The third-order valence-corrected chi connectivity index (χ3v) is 5.07. The van der Waals surface area contributed by atoms with Crippen LogP contribution in [0.3, 0.4) is 0 Å². The number of amides is 1. The highest BCUT2D eigenvalue weighted by Crippen LogP contribution is 2.22. The number of ether oxygens (including phenoxy) is 1. The molecule has 0 fully saturated rings. The summed E-state index contributed by atoms with van der Waals surface area (Å²) in [5, 5.41) is 7.37. The van der Waals surface area contributed by atoms with Crippen LogP contribution < -0.4 is 10.1 Å². The van der Waals surface area contributed by atoms with Crippen molar-refractivity contribution in [3.8, 4) is 11.4 Å². The van der Waals surface area contributed by atoms with Gasteiger partial charge in [-0.1, -0.05) is 42.5 Å². The van der Waals surface area contributed by atoms with Crippen LogP contribution in [0.2, 0.25) is 0 Å². The number of nitrogens with one attached hydrogen (secondary N) is 1. The molecular formula is C22H23N3O2. The van der Waals surface area contributed by atoms with Crippen LogP contribution in [0.15, 0.2) is 60.8 Å². The molecule has 5 nitrogen and oxygen atoms in total. The monoisotopic (exact) mass is 361 g/mol. The molecule has 5 heteroatoms. The first-order chi connectivity index (χ1) is 13.2. The second-order valence-corrected chi connectivity index (χ2v) is 6.94. The number of nitrogens with zero attached hydrogens (tertiary/aromatic N) is 2. The lowest BCUT2D eigenvalue weighted by Crippen LogP contribution is -2.38. The number of rotatable bonds is 3. The lowest BCUT2D eigenvalue weighted by Gasteiger charge is -2.16. The van der Waals surface area contributed by atoms with E-state index in [1.807, 2.05) is 37.3 Å². The first-order valence-electron chi connectivity index (χ1n) is 9.36. The Labute approximate surface area is 159 Å². The van der Waals surface area contributed by atoms with Gasteiger partial charge in [0.2, 0.25) is 0 Å². The minimum absolute atomic E-state index is 0.0885. The van der Waals surface area contributed by atoms with Crippen molar-refractivity contribution in [3.63, 3.8) is 0 Å². The molecule has 1 heterocycles. The molecule has 1 N–H and O–H groups in total. The molecule has 4 rings (SSSR count). The highest BCUT2D eigenvalue weighted by atomic mass is 16.6. The molecule has 1 aliphatic rings. The standard InChI is InChI=1S/C22H23N3O2/c1-16-21(15-23-25(16)20-12-3-2-4-13-20)27-22(26)24-19-11-7-10-17-8-5-6-9-18(17)14-19/h2-6,8-9,12-13,15,19H,7,10-11,14H2,1H3,(H,24,26). The lowest BCUT2D eigenvalue weighted by molar-refractivity contribution is 0.194. The van der Waals surface area contributed by atoms with Gasteiger partial charge in [0, 0.05) is 6.04 Å². The van der Waals surface area contributed by atoms with Crippen molar-refractivity contribution in [2.75, 3.05) is 0 Å². The molecule has 1 unspecified atom stereocenters. The van der Waals surface area contributed by atoms with Gasteiger partial charge >= 0.3 is 6.09 Å². The SMILES string of the molecule is Cc1c(OC(=O)NC2CCCc3ccccc3C2)cnn1-c1ccccc1. The summed E-state index contributed by atoms with van der Waals surface area (Å²) < 4.78 is 7.31. The molecule has 1 amide bonds. The normalized spacial score (nSPS) is 16.3. The number of carbonyl (C=O) groups is 1. The van der Waals surface area contributed by atoms with Crippen LogP contribution in [0.1, 0.15) is 29.7 Å². The second-order valence-electron chi connectivity index (χ2n) is 6.94. The average molecular weight is 361 g/mol. The van der Waals surface area contributed by atoms with Crippen molar-refractivity contribution in [3.05, 3.63) is 77.6 Å². The predicted molar refractivity (Wildman–Crippen MR) is 104 cm³/mol. The first-order valence-corrected chi connectivity index (χ1v) is 9.36. The molecule has 0 aliphatic heterocycles. The van der Waals surface area contributed by atoms with Crippen molar-refractivity contribution >= 4 is 6.09 Å². The van der Waals surface area contributed by atoms with E-state index < -0.39 is 6.09 Å². The number of aryl methyl sites for hydroxylation is 1. The fraction of sp³-hybridized carbons (Fsp3) is 0.273. The summed E-state index contributed by atoms with van der Waals surface area (Å²) in [5.41, 5.74) is 4.43. The van der Waals surface area contributed by atoms with Crippen LogP contribution in [-0.4, -0.2) is 21.9 Å². The highest BCUT2D eigenvalue weighted by molar-refractivity contribution is 5.71. The van der Waals surface area contributed by atoms with E-state index in [0.717, 1.165) is 37.1 Å². The number of para-hydroxylation sites is 1. The van der Waals surface area contributed by atoms with Crippen molar-refractivity contribution in [2.24, 2.45) is 0 Å². The molecule has 2 aromatic carbocycles. The van der Waals surface area contributed by atoms with E-state index in [9.17, 15) is 4.79 Å². The van der Waals surface area contributed by atoms with Gasteiger partial charge in [0.25, 0.3) is 0 Å². The molecule has 0 saturated heterocycles. The Balaban J connectivity index is 1.42. The smallest absolute Gasteiger partial charge is 0.407 e. The number of aromatic nitrogens is 2. The van der Waals surface area contributed by atoms with Gasteiger partial charge in [-0.25, -0.2) is 9.48 Å². The largest absolute Gasteiger partial charge is 0.412 e. The summed E-state index contributed by atoms with van der Waals surface area (Å²) in [6, 6.07) is 18.3. The van der Waals surface area contributed by atoms with Crippen LogP contribution >= 0.6 is 0 Å². The number of hydrogen-bond donors (Lipinski definition) is 1. The molecule has 0 saturated carbocycles. The van der Waals surface area contributed by atoms with Crippen molar-refractivity contribution in [1.82, 2.24) is 15.1 Å². The molecule has 1 aromatic heterocycles. The molecule has 1 atom stereocenters. The Morgan fingerprint density at radius 3 is 2.67 bits per heavy atom. The van der Waals surface area contributed by atoms with Gasteiger partial charge in [0.15, 0.2) is 5.75 Å². The Morgan fingerprint density at radius 2 is 1.85 bits per heavy atom. The Hall–Kier alpha value is -3.08. The van der Waals surface area contributed by atoms with Crippen molar-refractivity contribution in [1.29, 1.82) is 0 Å². The lowest BCUT2D eigenvalue weighted by atomic mass is 10.0. The van der Waals surface area contributed by atoms with Gasteiger partial charge in [-0.05, 0) is 55.9 Å². The summed E-state index contributed by atoms with van der Waals surface area (Å²) in [4.78, 5) is 12.4. The second kappa shape index (κ2) is 7.66. The first kappa shape index (κ1) is 17.3. The molecule has 0 spiro atoms. The van der Waals surface area contributed by atoms with Gasteiger partial charge in [0.05, 0.1) is 17.6 Å². The third-order valence-electron chi connectivity index (χ3n) is 5.07. The summed E-state index contributed by atoms with van der Waals surface area (Å²) in [5.74, 6) is 0.477. The van der Waals surface area contributed by atoms with E-state index >= 15 is 0 Å². The maximum absolute atomic E-state index is 12.4. The predicted octanol–water partition coefficient (Wildman–Crippen LogP) is 4.22. The zero-order chi connectivity index (χ0) is 18.6. The third kappa shape index (κ3) is 3.87. The summed E-state index contributed by atoms with van der Waals surface area (Å²) in [6.07, 6.45) is 5.08. The van der Waals surface area contributed by atoms with Crippen LogP contribution in [0.5, 0.6) is 5.75 Å². The van der Waals surface area contributed by atoms with Crippen LogP contribution in [-0.2, 0) is 12.8 Å². The Morgan fingerprint density at radius 1 is 1.11 bits per heavy atom. The zero-order valence-electron chi connectivity index (χ0n) is 15.4. The number of benzene rings is 2. The van der Waals surface area contributed by atoms with Crippen LogP contribution in [0.4, 0.5) is 4.79 Å². The molecule has 0 radical (unpaired) electrons. The fourth-order valence-electron chi connectivity index (χ4n) is 3.65. The molecule has 1 aliphatic carbocycles. The summed E-state index contributed by atoms with van der Waals surface area (Å²) in [6.45, 7) is 1.89. The molecule has 138 valence electrons. The van der Waals surface area contributed by atoms with E-state index in [1.54, 1.807) is 10.9 Å². The van der Waals surface area contributed by atoms with E-state index in [4.69, 9.17) is 4.74 Å². The van der Waals surface area contributed by atoms with Crippen molar-refractivity contribution < 1.29 is 9.53 Å². The quantitative estimate of drug-likeness (QED) is 0.711. The number of hydrogen-bond acceptors (Lipinski definition) is 3. The molecular weight excluding hydrogens is 338 g/mol. The van der Waals surface area contributed by atoms with Gasteiger partial charge < -0.3 is 10.1 Å². The Bertz CT molecular complexity index is 934. The van der Waals surface area contributed by atoms with E-state index in [2.05, 4.69) is 34.7 Å². The van der Waals surface area contributed by atoms with Gasteiger partial charge in [-0.3, -0.25) is 0 Å². The number of carbonyl (C=O) groups excluding carboxylic acids is 1. The fourth-order valence-corrected chi connectivity index (χ4v) is 3.65. The molecule has 3 aromatic rings. The number of fused-ring (bicyclic) bond motifs is 1. The minimum atomic E-state index is -0.421. The maximum atomic E-state index is 12.4. The van der Waals surface area contributed by atoms with Gasteiger partial charge in [-0.15, -0.1) is 0 Å².